The van der Waals surface area contributed by atoms with Crippen molar-refractivity contribution < 1.29 is 19.1 Å². The van der Waals surface area contributed by atoms with Crippen LogP contribution in [0, 0.1) is 5.82 Å². The summed E-state index contributed by atoms with van der Waals surface area (Å²) < 4.78 is 14.3. The Balaban J connectivity index is 1.77. The zero-order valence-corrected chi connectivity index (χ0v) is 14.4. The van der Waals surface area contributed by atoms with Crippen molar-refractivity contribution in [2.24, 2.45) is 0 Å². The number of amides is 1. The molecule has 3 aromatic rings. The van der Waals surface area contributed by atoms with Gasteiger partial charge in [-0.05, 0) is 42.5 Å². The van der Waals surface area contributed by atoms with Crippen LogP contribution in [-0.4, -0.2) is 22.0 Å². The number of rotatable bonds is 5. The molecule has 0 fully saturated rings. The summed E-state index contributed by atoms with van der Waals surface area (Å²) in [5.74, 6) is -1.75. The third kappa shape index (κ3) is 4.04. The molecule has 8 heteroatoms. The van der Waals surface area contributed by atoms with E-state index in [2.05, 4.69) is 15.6 Å². The molecular formula is C18H14FN3O3S. The standard InChI is InChI=1S/C18H14FN3O3S/c1-10(23)20-13-6-7-14(15(19)8-13)16-9-26-18(22-16)21-12-4-2-11(3-5-12)17(24)25/h2-9H,1H3,(H,20,23)(H,21,22)(H,24,25). The molecule has 6 nitrogen and oxygen atoms in total. The van der Waals surface area contributed by atoms with Gasteiger partial charge in [-0.25, -0.2) is 14.2 Å². The van der Waals surface area contributed by atoms with Crippen molar-refractivity contribution >= 4 is 39.7 Å². The zero-order valence-electron chi connectivity index (χ0n) is 13.6. The number of carbonyl (C=O) groups is 2. The van der Waals surface area contributed by atoms with Gasteiger partial charge in [0.1, 0.15) is 5.82 Å². The van der Waals surface area contributed by atoms with E-state index in [1.54, 1.807) is 29.6 Å². The number of benzene rings is 2. The van der Waals surface area contributed by atoms with Crippen LogP contribution in [0.3, 0.4) is 0 Å². The SMILES string of the molecule is CC(=O)Nc1ccc(-c2csc(Nc3ccc(C(=O)O)cc3)n2)c(F)c1. The van der Waals surface area contributed by atoms with Crippen LogP contribution < -0.4 is 10.6 Å². The number of carboxylic acid groups (broad SMARTS) is 1. The first-order valence-electron chi connectivity index (χ1n) is 7.56. The quantitative estimate of drug-likeness (QED) is 0.620. The van der Waals surface area contributed by atoms with Crippen molar-refractivity contribution in [3.05, 3.63) is 59.2 Å². The number of carboxylic acids is 1. The van der Waals surface area contributed by atoms with Gasteiger partial charge in [-0.3, -0.25) is 4.79 Å². The number of anilines is 3. The second kappa shape index (κ2) is 7.32. The highest BCUT2D eigenvalue weighted by Gasteiger charge is 2.11. The lowest BCUT2D eigenvalue weighted by molar-refractivity contribution is -0.114. The highest BCUT2D eigenvalue weighted by molar-refractivity contribution is 7.14. The molecule has 0 aliphatic carbocycles. The van der Waals surface area contributed by atoms with Crippen molar-refractivity contribution in [2.75, 3.05) is 10.6 Å². The van der Waals surface area contributed by atoms with E-state index in [0.717, 1.165) is 0 Å². The number of halogens is 1. The van der Waals surface area contributed by atoms with E-state index in [1.807, 2.05) is 0 Å². The summed E-state index contributed by atoms with van der Waals surface area (Å²) >= 11 is 1.30. The van der Waals surface area contributed by atoms with Gasteiger partial charge in [0.15, 0.2) is 5.13 Å². The molecule has 0 radical (unpaired) electrons. The Labute approximate surface area is 152 Å². The molecule has 3 rings (SSSR count). The van der Waals surface area contributed by atoms with Crippen molar-refractivity contribution in [3.63, 3.8) is 0 Å². The minimum atomic E-state index is -0.994. The molecule has 0 unspecified atom stereocenters. The van der Waals surface area contributed by atoms with Crippen LogP contribution in [0.25, 0.3) is 11.3 Å². The van der Waals surface area contributed by atoms with Gasteiger partial charge in [0.2, 0.25) is 5.91 Å². The first-order chi connectivity index (χ1) is 12.4. The molecule has 0 bridgehead atoms. The van der Waals surface area contributed by atoms with E-state index >= 15 is 0 Å². The Kier molecular flexibility index (Phi) is 4.94. The summed E-state index contributed by atoms with van der Waals surface area (Å²) in [6.07, 6.45) is 0. The molecule has 1 heterocycles. The Hall–Kier alpha value is -3.26. The van der Waals surface area contributed by atoms with Gasteiger partial charge in [0, 0.05) is 29.2 Å². The van der Waals surface area contributed by atoms with E-state index in [-0.39, 0.29) is 11.5 Å². The minimum Gasteiger partial charge on any atom is -0.478 e. The summed E-state index contributed by atoms with van der Waals surface area (Å²) in [6.45, 7) is 1.35. The molecule has 2 aromatic carbocycles. The second-order valence-corrected chi connectivity index (χ2v) is 6.28. The number of aromatic carboxylic acids is 1. The van der Waals surface area contributed by atoms with Crippen LogP contribution in [-0.2, 0) is 4.79 Å². The number of hydrogen-bond acceptors (Lipinski definition) is 5. The topological polar surface area (TPSA) is 91.3 Å². The predicted molar refractivity (Wildman–Crippen MR) is 98.5 cm³/mol. The van der Waals surface area contributed by atoms with Gasteiger partial charge < -0.3 is 15.7 Å². The van der Waals surface area contributed by atoms with E-state index in [4.69, 9.17) is 5.11 Å². The molecule has 0 aliphatic heterocycles. The van der Waals surface area contributed by atoms with Crippen LogP contribution in [0.1, 0.15) is 17.3 Å². The Bertz CT molecular complexity index is 970. The molecule has 132 valence electrons. The number of aromatic nitrogens is 1. The van der Waals surface area contributed by atoms with Gasteiger partial charge in [-0.15, -0.1) is 11.3 Å². The van der Waals surface area contributed by atoms with E-state index in [0.29, 0.717) is 27.8 Å². The normalized spacial score (nSPS) is 10.4. The lowest BCUT2D eigenvalue weighted by Crippen LogP contribution is -2.05. The van der Waals surface area contributed by atoms with E-state index < -0.39 is 11.8 Å². The largest absolute Gasteiger partial charge is 0.478 e. The van der Waals surface area contributed by atoms with Gasteiger partial charge in [0.25, 0.3) is 0 Å². The summed E-state index contributed by atoms with van der Waals surface area (Å²) in [4.78, 5) is 26.2. The summed E-state index contributed by atoms with van der Waals surface area (Å²) in [7, 11) is 0. The van der Waals surface area contributed by atoms with E-state index in [9.17, 15) is 14.0 Å². The minimum absolute atomic E-state index is 0.191. The maximum Gasteiger partial charge on any atom is 0.335 e. The molecule has 1 aromatic heterocycles. The Morgan fingerprint density at radius 2 is 1.81 bits per heavy atom. The maximum absolute atomic E-state index is 14.3. The van der Waals surface area contributed by atoms with Gasteiger partial charge >= 0.3 is 5.97 Å². The number of nitrogens with zero attached hydrogens (tertiary/aromatic N) is 1. The van der Waals surface area contributed by atoms with Crippen LogP contribution in [0.2, 0.25) is 0 Å². The Morgan fingerprint density at radius 1 is 1.12 bits per heavy atom. The average Bonchev–Trinajstić information content (AvgIpc) is 3.03. The highest BCUT2D eigenvalue weighted by Crippen LogP contribution is 2.30. The molecule has 0 spiro atoms. The third-order valence-electron chi connectivity index (χ3n) is 3.45. The third-order valence-corrected chi connectivity index (χ3v) is 4.21. The maximum atomic E-state index is 14.3. The monoisotopic (exact) mass is 371 g/mol. The molecule has 0 atom stereocenters. The first-order valence-corrected chi connectivity index (χ1v) is 8.44. The zero-order chi connectivity index (χ0) is 18.7. The van der Waals surface area contributed by atoms with Gasteiger partial charge in [-0.1, -0.05) is 0 Å². The number of hydrogen-bond donors (Lipinski definition) is 3. The number of thiazole rings is 1. The van der Waals surface area contributed by atoms with Gasteiger partial charge in [0.05, 0.1) is 11.3 Å². The molecule has 3 N–H and O–H groups in total. The molecule has 0 saturated carbocycles. The first kappa shape index (κ1) is 17.6. The van der Waals surface area contributed by atoms with Crippen molar-refractivity contribution in [1.82, 2.24) is 4.98 Å². The van der Waals surface area contributed by atoms with Crippen molar-refractivity contribution in [2.45, 2.75) is 6.92 Å². The smallest absolute Gasteiger partial charge is 0.335 e. The summed E-state index contributed by atoms with van der Waals surface area (Å²) in [6, 6.07) is 10.6. The lowest BCUT2D eigenvalue weighted by Gasteiger charge is -2.05. The summed E-state index contributed by atoms with van der Waals surface area (Å²) in [5, 5.41) is 16.7. The fourth-order valence-corrected chi connectivity index (χ4v) is 3.01. The highest BCUT2D eigenvalue weighted by atomic mass is 32.1. The van der Waals surface area contributed by atoms with Crippen LogP contribution >= 0.6 is 11.3 Å². The second-order valence-electron chi connectivity index (χ2n) is 5.42. The number of nitrogens with one attached hydrogen (secondary N) is 2. The van der Waals surface area contributed by atoms with E-state index in [1.165, 1.54) is 36.5 Å². The molecule has 1 amide bonds. The Morgan fingerprint density at radius 3 is 2.42 bits per heavy atom. The fraction of sp³-hybridized carbons (Fsp3) is 0.0556. The lowest BCUT2D eigenvalue weighted by atomic mass is 10.1. The van der Waals surface area contributed by atoms with Crippen LogP contribution in [0.4, 0.5) is 20.9 Å². The molecule has 26 heavy (non-hydrogen) atoms. The number of carbonyl (C=O) groups excluding carboxylic acids is 1. The summed E-state index contributed by atoms with van der Waals surface area (Å²) in [5.41, 5.74) is 2.04. The van der Waals surface area contributed by atoms with Crippen LogP contribution in [0.15, 0.2) is 47.8 Å². The fourth-order valence-electron chi connectivity index (χ4n) is 2.28. The van der Waals surface area contributed by atoms with Crippen molar-refractivity contribution in [1.29, 1.82) is 0 Å². The molecule has 0 aliphatic rings. The van der Waals surface area contributed by atoms with Crippen LogP contribution in [0.5, 0.6) is 0 Å². The molecular weight excluding hydrogens is 357 g/mol. The van der Waals surface area contributed by atoms with Crippen molar-refractivity contribution in [3.8, 4) is 11.3 Å². The van der Waals surface area contributed by atoms with Gasteiger partial charge in [-0.2, -0.15) is 0 Å². The predicted octanol–water partition coefficient (Wildman–Crippen LogP) is 4.35. The average molecular weight is 371 g/mol. The molecule has 0 saturated heterocycles.